The second-order valence-electron chi connectivity index (χ2n) is 3.22. The quantitative estimate of drug-likeness (QED) is 0.418. The Kier molecular flexibility index (Phi) is 1.33. The van der Waals surface area contributed by atoms with E-state index in [1.165, 1.54) is 12.8 Å². The highest BCUT2D eigenvalue weighted by Crippen LogP contribution is 2.43. The molecule has 0 aliphatic heterocycles. The van der Waals surface area contributed by atoms with E-state index in [1.54, 1.807) is 0 Å². The smallest absolute Gasteiger partial charge is 0.00637 e. The third-order valence-electron chi connectivity index (χ3n) is 2.65. The van der Waals surface area contributed by atoms with Crippen molar-refractivity contribution in [3.8, 4) is 0 Å². The lowest BCUT2D eigenvalue weighted by molar-refractivity contribution is 0.503. The Morgan fingerprint density at radius 3 is 2.56 bits per heavy atom. The first-order valence-electron chi connectivity index (χ1n) is 3.69. The molecular formula is C8H12S. The lowest BCUT2D eigenvalue weighted by atomic mass is 9.96. The van der Waals surface area contributed by atoms with Crippen molar-refractivity contribution in [2.45, 2.75) is 12.8 Å². The zero-order valence-corrected chi connectivity index (χ0v) is 6.35. The molecule has 9 heavy (non-hydrogen) atoms. The highest BCUT2D eigenvalue weighted by Gasteiger charge is 2.34. The van der Waals surface area contributed by atoms with Gasteiger partial charge in [0.15, 0.2) is 0 Å². The molecule has 0 radical (unpaired) electrons. The molecule has 0 unspecified atom stereocenters. The largest absolute Gasteiger partial charge is 0.179 e. The van der Waals surface area contributed by atoms with Gasteiger partial charge in [0.2, 0.25) is 0 Å². The van der Waals surface area contributed by atoms with E-state index in [0.29, 0.717) is 0 Å². The van der Waals surface area contributed by atoms with Crippen molar-refractivity contribution in [2.24, 2.45) is 17.8 Å². The molecule has 0 spiro atoms. The Bertz CT molecular complexity index is 140. The van der Waals surface area contributed by atoms with Gasteiger partial charge in [-0.05, 0) is 36.3 Å². The van der Waals surface area contributed by atoms with Crippen LogP contribution in [0.2, 0.25) is 0 Å². The summed E-state index contributed by atoms with van der Waals surface area (Å²) in [5.74, 6) is 3.81. The summed E-state index contributed by atoms with van der Waals surface area (Å²) in [6.45, 7) is 0. The molecule has 0 heterocycles. The Morgan fingerprint density at radius 1 is 1.33 bits per heavy atom. The standard InChI is InChI=1S/C8H12S/c9-5-8-4-6-1-2-7(8)3-6/h1-2,6-9H,3-5H2/t6-,7+,8+/m1/s1. The molecule has 2 aliphatic rings. The SMILES string of the molecule is SC[C@@H]1C[C@@H]2C=C[C@H]1C2. The van der Waals surface area contributed by atoms with Crippen LogP contribution in [0.15, 0.2) is 12.2 Å². The van der Waals surface area contributed by atoms with Gasteiger partial charge in [-0.3, -0.25) is 0 Å². The normalized spacial score (nSPS) is 46.6. The van der Waals surface area contributed by atoms with E-state index in [9.17, 15) is 0 Å². The van der Waals surface area contributed by atoms with Gasteiger partial charge in [-0.1, -0.05) is 12.2 Å². The maximum Gasteiger partial charge on any atom is -0.00637 e. The predicted molar refractivity (Wildman–Crippen MR) is 42.7 cm³/mol. The van der Waals surface area contributed by atoms with E-state index in [4.69, 9.17) is 0 Å². The summed E-state index contributed by atoms with van der Waals surface area (Å²) in [6.07, 6.45) is 7.59. The first kappa shape index (κ1) is 5.84. The van der Waals surface area contributed by atoms with Crippen molar-refractivity contribution >= 4 is 12.6 Å². The average Bonchev–Trinajstić information content (AvgIpc) is 2.45. The van der Waals surface area contributed by atoms with Crippen LogP contribution in [0.3, 0.4) is 0 Å². The van der Waals surface area contributed by atoms with Crippen LogP contribution in [0.4, 0.5) is 0 Å². The van der Waals surface area contributed by atoms with Crippen LogP contribution in [0.5, 0.6) is 0 Å². The van der Waals surface area contributed by atoms with Gasteiger partial charge in [0.1, 0.15) is 0 Å². The predicted octanol–water partition coefficient (Wildman–Crippen LogP) is 2.13. The molecule has 0 amide bonds. The molecule has 0 aromatic carbocycles. The molecule has 1 fully saturated rings. The number of thiol groups is 1. The molecule has 0 saturated heterocycles. The third-order valence-corrected chi connectivity index (χ3v) is 3.12. The molecule has 0 nitrogen and oxygen atoms in total. The molecule has 50 valence electrons. The molecule has 0 aromatic heterocycles. The minimum absolute atomic E-state index is 0.896. The number of allylic oxidation sites excluding steroid dienone is 2. The maximum absolute atomic E-state index is 4.32. The molecule has 2 bridgehead atoms. The van der Waals surface area contributed by atoms with Crippen LogP contribution in [0, 0.1) is 17.8 Å². The fourth-order valence-corrected chi connectivity index (χ4v) is 2.52. The van der Waals surface area contributed by atoms with Gasteiger partial charge in [-0.2, -0.15) is 12.6 Å². The van der Waals surface area contributed by atoms with E-state index in [2.05, 4.69) is 24.8 Å². The van der Waals surface area contributed by atoms with E-state index in [0.717, 1.165) is 23.5 Å². The first-order chi connectivity index (χ1) is 4.40. The van der Waals surface area contributed by atoms with Crippen LogP contribution >= 0.6 is 12.6 Å². The number of rotatable bonds is 1. The monoisotopic (exact) mass is 140 g/mol. The van der Waals surface area contributed by atoms with Crippen molar-refractivity contribution in [2.75, 3.05) is 5.75 Å². The van der Waals surface area contributed by atoms with Crippen molar-refractivity contribution in [3.63, 3.8) is 0 Å². The van der Waals surface area contributed by atoms with Gasteiger partial charge in [-0.15, -0.1) is 0 Å². The topological polar surface area (TPSA) is 0 Å². The Hall–Kier alpha value is 0.0900. The van der Waals surface area contributed by atoms with Crippen molar-refractivity contribution in [3.05, 3.63) is 12.2 Å². The van der Waals surface area contributed by atoms with Crippen molar-refractivity contribution < 1.29 is 0 Å². The van der Waals surface area contributed by atoms with E-state index < -0.39 is 0 Å². The average molecular weight is 140 g/mol. The summed E-state index contributed by atoms with van der Waals surface area (Å²) in [5.41, 5.74) is 0. The second kappa shape index (κ2) is 2.05. The number of fused-ring (bicyclic) bond motifs is 2. The van der Waals surface area contributed by atoms with Crippen LogP contribution < -0.4 is 0 Å². The first-order valence-corrected chi connectivity index (χ1v) is 4.32. The van der Waals surface area contributed by atoms with E-state index in [-0.39, 0.29) is 0 Å². The minimum Gasteiger partial charge on any atom is -0.179 e. The Morgan fingerprint density at radius 2 is 2.22 bits per heavy atom. The van der Waals surface area contributed by atoms with Gasteiger partial charge >= 0.3 is 0 Å². The van der Waals surface area contributed by atoms with Crippen molar-refractivity contribution in [1.29, 1.82) is 0 Å². The van der Waals surface area contributed by atoms with Crippen LogP contribution in [0.25, 0.3) is 0 Å². The number of hydrogen-bond donors (Lipinski definition) is 1. The van der Waals surface area contributed by atoms with Gasteiger partial charge in [-0.25, -0.2) is 0 Å². The fourth-order valence-electron chi connectivity index (χ4n) is 2.10. The molecular weight excluding hydrogens is 128 g/mol. The highest BCUT2D eigenvalue weighted by molar-refractivity contribution is 7.80. The van der Waals surface area contributed by atoms with Crippen LogP contribution in [-0.4, -0.2) is 5.75 Å². The zero-order chi connectivity index (χ0) is 6.27. The molecule has 1 heteroatoms. The highest BCUT2D eigenvalue weighted by atomic mass is 32.1. The summed E-state index contributed by atoms with van der Waals surface area (Å²) >= 11 is 4.32. The van der Waals surface area contributed by atoms with Crippen LogP contribution in [-0.2, 0) is 0 Å². The van der Waals surface area contributed by atoms with Crippen LogP contribution in [0.1, 0.15) is 12.8 Å². The van der Waals surface area contributed by atoms with Gasteiger partial charge < -0.3 is 0 Å². The third kappa shape index (κ3) is 0.823. The van der Waals surface area contributed by atoms with Gasteiger partial charge in [0, 0.05) is 0 Å². The van der Waals surface area contributed by atoms with Crippen molar-refractivity contribution in [1.82, 2.24) is 0 Å². The molecule has 2 rings (SSSR count). The van der Waals surface area contributed by atoms with Gasteiger partial charge in [0.25, 0.3) is 0 Å². The summed E-state index contributed by atoms with van der Waals surface area (Å²) in [4.78, 5) is 0. The maximum atomic E-state index is 4.32. The van der Waals surface area contributed by atoms with E-state index in [1.807, 2.05) is 0 Å². The number of hydrogen-bond acceptors (Lipinski definition) is 1. The second-order valence-corrected chi connectivity index (χ2v) is 3.59. The molecule has 2 aliphatic carbocycles. The molecule has 3 atom stereocenters. The summed E-state index contributed by atoms with van der Waals surface area (Å²) < 4.78 is 0. The summed E-state index contributed by atoms with van der Waals surface area (Å²) in [6, 6.07) is 0. The minimum atomic E-state index is 0.896. The lowest BCUT2D eigenvalue weighted by Crippen LogP contribution is -2.07. The summed E-state index contributed by atoms with van der Waals surface area (Å²) in [5, 5.41) is 0. The fraction of sp³-hybridized carbons (Fsp3) is 0.750. The Labute approximate surface area is 61.7 Å². The van der Waals surface area contributed by atoms with Gasteiger partial charge in [0.05, 0.1) is 0 Å². The summed E-state index contributed by atoms with van der Waals surface area (Å²) in [7, 11) is 0. The lowest BCUT2D eigenvalue weighted by Gasteiger charge is -2.13. The van der Waals surface area contributed by atoms with E-state index >= 15 is 0 Å². The Balaban J connectivity index is 2.10. The molecule has 1 saturated carbocycles. The molecule has 0 aromatic rings. The zero-order valence-electron chi connectivity index (χ0n) is 5.46. The molecule has 0 N–H and O–H groups in total.